The highest BCUT2D eigenvalue weighted by atomic mass is 15.2. The molecule has 0 aromatic carbocycles. The summed E-state index contributed by atoms with van der Waals surface area (Å²) in [6, 6.07) is 1.89. The molecule has 0 amide bonds. The van der Waals surface area contributed by atoms with E-state index in [2.05, 4.69) is 5.10 Å². The van der Waals surface area contributed by atoms with Gasteiger partial charge in [0.1, 0.15) is 0 Å². The summed E-state index contributed by atoms with van der Waals surface area (Å²) in [5, 5.41) is 3.83. The number of nitrogens with zero attached hydrogens (tertiary/aromatic N) is 2. The van der Waals surface area contributed by atoms with Crippen LogP contribution in [-0.2, 0) is 7.05 Å². The molecule has 2 heteroatoms. The second-order valence-electron chi connectivity index (χ2n) is 1.18. The number of aryl methyl sites for hydroxylation is 1. The molecule has 0 fully saturated rings. The second kappa shape index (κ2) is 16.1. The summed E-state index contributed by atoms with van der Waals surface area (Å²) >= 11 is 0. The number of rotatable bonds is 0. The highest BCUT2D eigenvalue weighted by Gasteiger charge is 1.69. The van der Waals surface area contributed by atoms with Gasteiger partial charge in [-0.05, 0) is 6.07 Å². The van der Waals surface area contributed by atoms with Gasteiger partial charge >= 0.3 is 0 Å². The van der Waals surface area contributed by atoms with E-state index in [0.29, 0.717) is 0 Å². The second-order valence-corrected chi connectivity index (χ2v) is 1.18. The molecule has 0 atom stereocenters. The Bertz CT molecular complexity index is 111. The van der Waals surface area contributed by atoms with Crippen LogP contribution in [-0.4, -0.2) is 9.78 Å². The number of aromatic nitrogens is 2. The van der Waals surface area contributed by atoms with E-state index in [1.54, 1.807) is 10.9 Å². The monoisotopic (exact) mass is 158 g/mol. The molecule has 0 aliphatic heterocycles. The maximum atomic E-state index is 3.83. The molecule has 0 spiro atoms. The largest absolute Gasteiger partial charge is 0.276 e. The van der Waals surface area contributed by atoms with Crippen LogP contribution < -0.4 is 0 Å². The van der Waals surface area contributed by atoms with Gasteiger partial charge < -0.3 is 0 Å². The first-order chi connectivity index (χ1) is 4.89. The molecule has 1 rings (SSSR count). The maximum Gasteiger partial charge on any atom is 0.0489 e. The fourth-order valence-corrected chi connectivity index (χ4v) is 0.345. The molecular weight excluding hydrogens is 136 g/mol. The lowest BCUT2D eigenvalue weighted by Gasteiger charge is -1.77. The van der Waals surface area contributed by atoms with Gasteiger partial charge in [-0.25, -0.2) is 0 Å². The molecular formula is C9H22N2. The Labute approximate surface area is 71.2 Å². The zero-order valence-electron chi connectivity index (χ0n) is 7.63. The van der Waals surface area contributed by atoms with Gasteiger partial charge in [0.2, 0.25) is 0 Å². The predicted molar refractivity (Wildman–Crippen MR) is 52.6 cm³/mol. The first-order valence-corrected chi connectivity index (χ1v) is 3.83. The maximum absolute atomic E-state index is 3.83. The predicted octanol–water partition coefficient (Wildman–Crippen LogP) is 3.11. The third-order valence-electron chi connectivity index (χ3n) is 0.637. The van der Waals surface area contributed by atoms with Crippen LogP contribution in [0, 0.1) is 0 Å². The minimum absolute atomic E-state index is 0. The van der Waals surface area contributed by atoms with Crippen LogP contribution in [0.5, 0.6) is 0 Å². The highest BCUT2D eigenvalue weighted by Crippen LogP contribution is 1.73. The van der Waals surface area contributed by atoms with Crippen LogP contribution in [0.3, 0.4) is 0 Å². The first kappa shape index (κ1) is 16.7. The lowest BCUT2D eigenvalue weighted by atomic mass is 10.8. The Hall–Kier alpha value is -0.790. The summed E-state index contributed by atoms with van der Waals surface area (Å²) in [5.41, 5.74) is 0. The van der Waals surface area contributed by atoms with Crippen LogP contribution >= 0.6 is 0 Å². The fraction of sp³-hybridized carbons (Fsp3) is 0.667. The van der Waals surface area contributed by atoms with Gasteiger partial charge in [-0.15, -0.1) is 0 Å². The van der Waals surface area contributed by atoms with E-state index in [1.165, 1.54) is 0 Å². The standard InChI is InChI=1S/C4H6N2.2C2H6.CH4/c1-6-4-2-3-5-6;2*1-2;/h2-4H,1H3;2*1-2H3;1H4. The zero-order chi connectivity index (χ0) is 8.41. The van der Waals surface area contributed by atoms with Gasteiger partial charge in [0.15, 0.2) is 0 Å². The lowest BCUT2D eigenvalue weighted by Crippen LogP contribution is -1.83. The van der Waals surface area contributed by atoms with Crippen molar-refractivity contribution in [3.63, 3.8) is 0 Å². The van der Waals surface area contributed by atoms with Crippen molar-refractivity contribution in [2.45, 2.75) is 35.1 Å². The van der Waals surface area contributed by atoms with Crippen molar-refractivity contribution in [2.24, 2.45) is 7.05 Å². The smallest absolute Gasteiger partial charge is 0.0489 e. The number of hydrogen-bond acceptors (Lipinski definition) is 1. The molecule has 0 unspecified atom stereocenters. The van der Waals surface area contributed by atoms with Crippen LogP contribution in [0.15, 0.2) is 18.5 Å². The molecule has 1 aromatic heterocycles. The molecule has 0 saturated carbocycles. The van der Waals surface area contributed by atoms with Gasteiger partial charge in [-0.2, -0.15) is 5.10 Å². The van der Waals surface area contributed by atoms with E-state index in [9.17, 15) is 0 Å². The Kier molecular flexibility index (Phi) is 24.4. The summed E-state index contributed by atoms with van der Waals surface area (Å²) < 4.78 is 1.75. The summed E-state index contributed by atoms with van der Waals surface area (Å²) in [4.78, 5) is 0. The Morgan fingerprint density at radius 1 is 1.09 bits per heavy atom. The van der Waals surface area contributed by atoms with Gasteiger partial charge in [0.05, 0.1) is 0 Å². The normalized spacial score (nSPS) is 5.91. The van der Waals surface area contributed by atoms with Crippen molar-refractivity contribution in [1.29, 1.82) is 0 Å². The molecule has 0 N–H and O–H groups in total. The van der Waals surface area contributed by atoms with E-state index in [4.69, 9.17) is 0 Å². The summed E-state index contributed by atoms with van der Waals surface area (Å²) in [6.45, 7) is 8.00. The van der Waals surface area contributed by atoms with Crippen LogP contribution in [0.25, 0.3) is 0 Å². The molecule has 11 heavy (non-hydrogen) atoms. The van der Waals surface area contributed by atoms with E-state index in [1.807, 2.05) is 47.0 Å². The minimum Gasteiger partial charge on any atom is -0.276 e. The van der Waals surface area contributed by atoms with E-state index in [-0.39, 0.29) is 7.43 Å². The average Bonchev–Trinajstić information content (AvgIpc) is 2.48. The molecule has 0 radical (unpaired) electrons. The average molecular weight is 158 g/mol. The lowest BCUT2D eigenvalue weighted by molar-refractivity contribution is 0.768. The van der Waals surface area contributed by atoms with Crippen molar-refractivity contribution < 1.29 is 0 Å². The molecule has 0 saturated heterocycles. The highest BCUT2D eigenvalue weighted by molar-refractivity contribution is 4.75. The topological polar surface area (TPSA) is 17.8 Å². The zero-order valence-corrected chi connectivity index (χ0v) is 7.63. The Morgan fingerprint density at radius 2 is 1.55 bits per heavy atom. The Balaban J connectivity index is -0.000000114. The molecule has 68 valence electrons. The van der Waals surface area contributed by atoms with E-state index in [0.717, 1.165) is 0 Å². The van der Waals surface area contributed by atoms with Crippen LogP contribution in [0.2, 0.25) is 0 Å². The van der Waals surface area contributed by atoms with Crippen LogP contribution in [0.4, 0.5) is 0 Å². The third-order valence-corrected chi connectivity index (χ3v) is 0.637. The van der Waals surface area contributed by atoms with Gasteiger partial charge in [-0.1, -0.05) is 35.1 Å². The fourth-order valence-electron chi connectivity index (χ4n) is 0.345. The Morgan fingerprint density at radius 3 is 1.64 bits per heavy atom. The van der Waals surface area contributed by atoms with Gasteiger partial charge in [0, 0.05) is 19.4 Å². The summed E-state index contributed by atoms with van der Waals surface area (Å²) in [5.74, 6) is 0. The van der Waals surface area contributed by atoms with E-state index < -0.39 is 0 Å². The quantitative estimate of drug-likeness (QED) is 0.567. The molecule has 0 bridgehead atoms. The van der Waals surface area contributed by atoms with Crippen molar-refractivity contribution in [3.8, 4) is 0 Å². The van der Waals surface area contributed by atoms with Crippen molar-refractivity contribution in [3.05, 3.63) is 18.5 Å². The van der Waals surface area contributed by atoms with E-state index >= 15 is 0 Å². The molecule has 1 heterocycles. The molecule has 0 aliphatic rings. The minimum atomic E-state index is 0. The van der Waals surface area contributed by atoms with Crippen molar-refractivity contribution >= 4 is 0 Å². The molecule has 0 aliphatic carbocycles. The summed E-state index contributed by atoms with van der Waals surface area (Å²) in [6.07, 6.45) is 3.64. The van der Waals surface area contributed by atoms with Crippen molar-refractivity contribution in [2.75, 3.05) is 0 Å². The molecule has 2 nitrogen and oxygen atoms in total. The van der Waals surface area contributed by atoms with Crippen molar-refractivity contribution in [1.82, 2.24) is 9.78 Å². The molecule has 1 aromatic rings. The number of hydrogen-bond donors (Lipinski definition) is 0. The summed E-state index contributed by atoms with van der Waals surface area (Å²) in [7, 11) is 1.89. The SMILES string of the molecule is C.CC.CC.Cn1cccn1. The first-order valence-electron chi connectivity index (χ1n) is 3.83. The van der Waals surface area contributed by atoms with Gasteiger partial charge in [0.25, 0.3) is 0 Å². The van der Waals surface area contributed by atoms with Gasteiger partial charge in [-0.3, -0.25) is 4.68 Å². The third kappa shape index (κ3) is 12.4. The van der Waals surface area contributed by atoms with Crippen LogP contribution in [0.1, 0.15) is 35.1 Å².